The van der Waals surface area contributed by atoms with Gasteiger partial charge in [0.1, 0.15) is 27.9 Å². The van der Waals surface area contributed by atoms with Crippen molar-refractivity contribution in [1.82, 2.24) is 0 Å². The maximum absolute atomic E-state index is 12.1. The first-order valence-corrected chi connectivity index (χ1v) is 12.4. The third kappa shape index (κ3) is 6.26. The molecule has 6 N–H and O–H groups in total. The number of anilines is 2. The molecule has 4 aromatic carbocycles. The van der Waals surface area contributed by atoms with Crippen molar-refractivity contribution in [3.63, 3.8) is 0 Å². The minimum atomic E-state index is -4.64. The molecule has 0 aliphatic carbocycles. The van der Waals surface area contributed by atoms with Crippen LogP contribution in [0.3, 0.4) is 0 Å². The average Bonchev–Trinajstić information content (AvgIpc) is 2.86. The molecule has 10 nitrogen and oxygen atoms in total. The third-order valence-electron chi connectivity index (χ3n) is 4.87. The van der Waals surface area contributed by atoms with Gasteiger partial charge in [0.25, 0.3) is 10.1 Å². The van der Waals surface area contributed by atoms with Crippen molar-refractivity contribution >= 4 is 33.5 Å². The van der Waals surface area contributed by atoms with Gasteiger partial charge in [-0.2, -0.15) is 8.42 Å². The lowest BCUT2D eigenvalue weighted by molar-refractivity contribution is -0.432. The van der Waals surface area contributed by atoms with E-state index < -0.39 is 15.0 Å². The minimum absolute atomic E-state index is 0.0686. The van der Waals surface area contributed by atoms with Gasteiger partial charge in [-0.15, -0.1) is 4.33 Å². The third-order valence-corrected chi connectivity index (χ3v) is 6.37. The van der Waals surface area contributed by atoms with Crippen LogP contribution in [0.1, 0.15) is 0 Å². The highest BCUT2D eigenvalue weighted by molar-refractivity contribution is 7.94. The van der Waals surface area contributed by atoms with Crippen LogP contribution in [0.5, 0.6) is 23.0 Å². The van der Waals surface area contributed by atoms with Gasteiger partial charge in [0.2, 0.25) is 0 Å². The summed E-state index contributed by atoms with van der Waals surface area (Å²) in [5, 5.41) is 12.3. The van der Waals surface area contributed by atoms with Crippen LogP contribution in [-0.2, 0) is 19.5 Å². The predicted octanol–water partition coefficient (Wildman–Crippen LogP) is 5.78. The molecule has 0 unspecified atom stereocenters. The molecular weight excluding hydrogens is 508 g/mol. The molecule has 0 atom stereocenters. The molecule has 0 spiro atoms. The molecule has 186 valence electrons. The fraction of sp³-hybridized carbons (Fsp3) is 0. The van der Waals surface area contributed by atoms with Crippen LogP contribution in [0.25, 0.3) is 11.1 Å². The summed E-state index contributed by atoms with van der Waals surface area (Å²) < 4.78 is 50.2. The lowest BCUT2D eigenvalue weighted by atomic mass is 10.1. The molecule has 36 heavy (non-hydrogen) atoms. The fourth-order valence-corrected chi connectivity index (χ4v) is 4.30. The zero-order valence-corrected chi connectivity index (χ0v) is 20.0. The second-order valence-electron chi connectivity index (χ2n) is 7.37. The fourth-order valence-electron chi connectivity index (χ4n) is 3.19. The summed E-state index contributed by atoms with van der Waals surface area (Å²) in [6.45, 7) is 0. The van der Waals surface area contributed by atoms with Crippen LogP contribution in [0.15, 0.2) is 94.7 Å². The van der Waals surface area contributed by atoms with E-state index in [0.29, 0.717) is 56.7 Å². The molecule has 0 aromatic heterocycles. The standard InChI is InChI=1S/C24H20N2O8S2/c25-17-3-7-19(8-4-17)31-21-11-1-15(13-23(21)35-34-33-27)16-2-12-22(24(14-16)36(28,29)30)32-20-9-5-18(26)6-10-20/h1-14,27H,25-26H2,(H,28,29,30). The highest BCUT2D eigenvalue weighted by Crippen LogP contribution is 2.39. The second-order valence-corrected chi connectivity index (χ2v) is 9.50. The molecule has 0 bridgehead atoms. The molecule has 0 aliphatic heterocycles. The molecule has 0 radical (unpaired) electrons. The summed E-state index contributed by atoms with van der Waals surface area (Å²) in [6, 6.07) is 22.3. The lowest BCUT2D eigenvalue weighted by Crippen LogP contribution is -2.02. The minimum Gasteiger partial charge on any atom is -0.456 e. The van der Waals surface area contributed by atoms with Crippen LogP contribution >= 0.6 is 12.0 Å². The molecular formula is C24H20N2O8S2. The van der Waals surface area contributed by atoms with Gasteiger partial charge in [-0.25, -0.2) is 5.26 Å². The van der Waals surface area contributed by atoms with Crippen LogP contribution in [0, 0.1) is 0 Å². The Kier molecular flexibility index (Phi) is 7.64. The van der Waals surface area contributed by atoms with Crippen LogP contribution in [0.4, 0.5) is 11.4 Å². The number of benzene rings is 4. The summed E-state index contributed by atoms with van der Waals surface area (Å²) in [6.07, 6.45) is 0. The van der Waals surface area contributed by atoms with Gasteiger partial charge in [-0.05, 0) is 83.9 Å². The van der Waals surface area contributed by atoms with Crippen molar-refractivity contribution in [3.05, 3.63) is 84.9 Å². The highest BCUT2D eigenvalue weighted by Gasteiger charge is 2.20. The van der Waals surface area contributed by atoms with Gasteiger partial charge in [0.15, 0.2) is 0 Å². The Morgan fingerprint density at radius 2 is 1.19 bits per heavy atom. The van der Waals surface area contributed by atoms with Gasteiger partial charge in [-0.1, -0.05) is 17.2 Å². The van der Waals surface area contributed by atoms with Crippen molar-refractivity contribution in [1.29, 1.82) is 0 Å². The summed E-state index contributed by atoms with van der Waals surface area (Å²) in [4.78, 5) is -0.0304. The molecule has 0 amide bonds. The number of nitrogen functional groups attached to an aromatic ring is 2. The summed E-state index contributed by atoms with van der Waals surface area (Å²) in [5.41, 5.74) is 13.4. The zero-order valence-electron chi connectivity index (χ0n) is 18.4. The van der Waals surface area contributed by atoms with Crippen LogP contribution < -0.4 is 20.9 Å². The zero-order chi connectivity index (χ0) is 25.7. The van der Waals surface area contributed by atoms with Gasteiger partial charge in [-0.3, -0.25) is 4.55 Å². The lowest BCUT2D eigenvalue weighted by Gasteiger charge is -2.14. The van der Waals surface area contributed by atoms with E-state index in [9.17, 15) is 13.0 Å². The maximum Gasteiger partial charge on any atom is 0.298 e. The van der Waals surface area contributed by atoms with E-state index >= 15 is 0 Å². The van der Waals surface area contributed by atoms with Gasteiger partial charge >= 0.3 is 0 Å². The summed E-state index contributed by atoms with van der Waals surface area (Å²) >= 11 is 0.670. The first-order valence-electron chi connectivity index (χ1n) is 10.2. The van der Waals surface area contributed by atoms with E-state index in [4.69, 9.17) is 26.2 Å². The Morgan fingerprint density at radius 3 is 1.72 bits per heavy atom. The van der Waals surface area contributed by atoms with E-state index in [0.717, 1.165) is 0 Å². The number of ether oxygens (including phenoxy) is 2. The first kappa shape index (κ1) is 25.3. The van der Waals surface area contributed by atoms with Crippen molar-refractivity contribution in [2.24, 2.45) is 0 Å². The summed E-state index contributed by atoms with van der Waals surface area (Å²) in [5.74, 6) is 1.14. The smallest absolute Gasteiger partial charge is 0.298 e. The largest absolute Gasteiger partial charge is 0.456 e. The maximum atomic E-state index is 12.1. The first-order chi connectivity index (χ1) is 17.2. The Balaban J connectivity index is 1.69. The van der Waals surface area contributed by atoms with Crippen molar-refractivity contribution in [2.45, 2.75) is 9.79 Å². The monoisotopic (exact) mass is 528 g/mol. The Morgan fingerprint density at radius 1 is 0.694 bits per heavy atom. The second kappa shape index (κ2) is 10.9. The van der Waals surface area contributed by atoms with Gasteiger partial charge in [0.05, 0.1) is 16.9 Å². The molecule has 0 aliphatic rings. The van der Waals surface area contributed by atoms with Crippen LogP contribution in [-0.4, -0.2) is 18.2 Å². The number of nitrogens with two attached hydrogens (primary N) is 2. The normalized spacial score (nSPS) is 11.3. The highest BCUT2D eigenvalue weighted by atomic mass is 32.2. The Labute approximate surface area is 210 Å². The molecule has 12 heteroatoms. The molecule has 4 aromatic rings. The van der Waals surface area contributed by atoms with E-state index in [-0.39, 0.29) is 5.75 Å². The molecule has 0 saturated heterocycles. The summed E-state index contributed by atoms with van der Waals surface area (Å²) in [7, 11) is -4.64. The van der Waals surface area contributed by atoms with Gasteiger partial charge in [0, 0.05) is 11.4 Å². The molecule has 4 rings (SSSR count). The van der Waals surface area contributed by atoms with Crippen LogP contribution in [0.2, 0.25) is 0 Å². The van der Waals surface area contributed by atoms with Crippen molar-refractivity contribution in [2.75, 3.05) is 11.5 Å². The van der Waals surface area contributed by atoms with E-state index in [1.807, 2.05) is 0 Å². The van der Waals surface area contributed by atoms with Gasteiger partial charge < -0.3 is 20.9 Å². The van der Waals surface area contributed by atoms with E-state index in [1.165, 1.54) is 12.1 Å². The van der Waals surface area contributed by atoms with Crippen molar-refractivity contribution < 1.29 is 37.1 Å². The quantitative estimate of drug-likeness (QED) is 0.0684. The number of hydrogen-bond acceptors (Lipinski definition) is 10. The van der Waals surface area contributed by atoms with Crippen molar-refractivity contribution in [3.8, 4) is 34.1 Å². The Hall–Kier alpha value is -3.78. The van der Waals surface area contributed by atoms with E-state index in [2.05, 4.69) is 9.37 Å². The Bertz CT molecular complexity index is 1460. The number of hydrogen-bond donors (Lipinski definition) is 4. The predicted molar refractivity (Wildman–Crippen MR) is 134 cm³/mol. The molecule has 0 heterocycles. The SMILES string of the molecule is Nc1ccc(Oc2ccc(-c3ccc(Oc4ccc(N)cc4)c(S(=O)(=O)O)c3)cc2SOOO)cc1. The molecule has 0 fully saturated rings. The topological polar surface area (TPSA) is 164 Å². The number of rotatable bonds is 9. The van der Waals surface area contributed by atoms with E-state index in [1.54, 1.807) is 72.8 Å². The average molecular weight is 529 g/mol. The molecule has 0 saturated carbocycles.